The minimum Gasteiger partial charge on any atom is -0.467 e. The lowest BCUT2D eigenvalue weighted by Crippen LogP contribution is -2.39. The molecule has 0 N–H and O–H groups in total. The number of carbonyl (C=O) groups is 1. The smallest absolute Gasteiger partial charge is 0.343 e. The summed E-state index contributed by atoms with van der Waals surface area (Å²) >= 11 is 3.40. The fourth-order valence-corrected chi connectivity index (χ4v) is 3.00. The lowest BCUT2D eigenvalue weighted by molar-refractivity contribution is -0.155. The number of benzene rings is 1. The molecule has 0 aromatic heterocycles. The van der Waals surface area contributed by atoms with Crippen LogP contribution in [0.2, 0.25) is 0 Å². The van der Waals surface area contributed by atoms with Crippen molar-refractivity contribution < 1.29 is 13.9 Å². The molecule has 19 heavy (non-hydrogen) atoms. The van der Waals surface area contributed by atoms with Crippen LogP contribution < -0.4 is 0 Å². The Labute approximate surface area is 121 Å². The van der Waals surface area contributed by atoms with Crippen molar-refractivity contribution >= 4 is 21.9 Å². The number of rotatable bonds is 5. The van der Waals surface area contributed by atoms with Crippen LogP contribution in [0.15, 0.2) is 24.3 Å². The van der Waals surface area contributed by atoms with Crippen LogP contribution >= 0.6 is 15.9 Å². The Morgan fingerprint density at radius 2 is 2.26 bits per heavy atom. The lowest BCUT2D eigenvalue weighted by atomic mass is 9.80. The van der Waals surface area contributed by atoms with Crippen LogP contribution in [0.4, 0.5) is 4.39 Å². The van der Waals surface area contributed by atoms with Gasteiger partial charge in [-0.15, -0.1) is 0 Å². The number of ether oxygens (including phenoxy) is 1. The third-order valence-electron chi connectivity index (χ3n) is 3.73. The molecule has 1 aliphatic carbocycles. The highest BCUT2D eigenvalue weighted by atomic mass is 79.9. The summed E-state index contributed by atoms with van der Waals surface area (Å²) in [6, 6.07) is 7.76. The molecule has 1 fully saturated rings. The molecule has 0 aliphatic heterocycles. The van der Waals surface area contributed by atoms with E-state index in [-0.39, 0.29) is 5.92 Å². The zero-order valence-electron chi connectivity index (χ0n) is 11.2. The molecule has 0 radical (unpaired) electrons. The molecule has 1 saturated carbocycles. The molecular formula is C15H18BrFO2. The van der Waals surface area contributed by atoms with Crippen LogP contribution in [0.5, 0.6) is 0 Å². The number of halogens is 2. The van der Waals surface area contributed by atoms with Crippen LogP contribution in [-0.2, 0) is 14.9 Å². The first kappa shape index (κ1) is 14.5. The van der Waals surface area contributed by atoms with Gasteiger partial charge in [0.1, 0.15) is 0 Å². The third-order valence-corrected chi connectivity index (χ3v) is 4.37. The van der Waals surface area contributed by atoms with Gasteiger partial charge in [0.2, 0.25) is 5.67 Å². The normalized spacial score (nSPS) is 19.6. The minimum atomic E-state index is -1.97. The average molecular weight is 329 g/mol. The molecule has 0 saturated heterocycles. The second-order valence-corrected chi connectivity index (χ2v) is 5.82. The molecule has 0 amide bonds. The molecule has 104 valence electrons. The molecule has 1 unspecified atom stereocenters. The number of carbonyl (C=O) groups excluding carboxylic acids is 1. The Morgan fingerprint density at radius 1 is 1.58 bits per heavy atom. The standard InChI is InChI=1S/C15H18BrFO2/c1-15(17,14(18)19-2)13(11-6-7-11)12-5-3-4-10(8-12)9-16/h3-5,8,11,13H,6-7,9H2,1-2H3/t13-,15?/m0/s1. The summed E-state index contributed by atoms with van der Waals surface area (Å²) in [6.07, 6.45) is 1.94. The van der Waals surface area contributed by atoms with E-state index in [4.69, 9.17) is 0 Å². The van der Waals surface area contributed by atoms with Crippen molar-refractivity contribution in [2.24, 2.45) is 5.92 Å². The van der Waals surface area contributed by atoms with E-state index in [1.807, 2.05) is 24.3 Å². The largest absolute Gasteiger partial charge is 0.467 e. The quantitative estimate of drug-likeness (QED) is 0.603. The Bertz CT molecular complexity index is 469. The zero-order valence-corrected chi connectivity index (χ0v) is 12.7. The maximum absolute atomic E-state index is 14.9. The summed E-state index contributed by atoms with van der Waals surface area (Å²) in [7, 11) is 1.24. The van der Waals surface area contributed by atoms with E-state index in [1.54, 1.807) is 0 Å². The van der Waals surface area contributed by atoms with Crippen LogP contribution in [0.3, 0.4) is 0 Å². The Morgan fingerprint density at radius 3 is 2.79 bits per heavy atom. The molecule has 1 aliphatic rings. The third kappa shape index (κ3) is 2.99. The second kappa shape index (κ2) is 5.61. The lowest BCUT2D eigenvalue weighted by Gasteiger charge is -2.29. The van der Waals surface area contributed by atoms with Gasteiger partial charge in [-0.05, 0) is 36.8 Å². The van der Waals surface area contributed by atoms with Crippen molar-refractivity contribution in [2.45, 2.75) is 36.7 Å². The fraction of sp³-hybridized carbons (Fsp3) is 0.533. The van der Waals surface area contributed by atoms with Gasteiger partial charge < -0.3 is 4.74 Å². The number of hydrogen-bond donors (Lipinski definition) is 0. The molecule has 1 aromatic rings. The van der Waals surface area contributed by atoms with Crippen molar-refractivity contribution in [3.8, 4) is 0 Å². The topological polar surface area (TPSA) is 26.3 Å². The average Bonchev–Trinajstić information content (AvgIpc) is 3.22. The zero-order chi connectivity index (χ0) is 14.0. The summed E-state index contributed by atoms with van der Waals surface area (Å²) in [4.78, 5) is 11.7. The van der Waals surface area contributed by atoms with E-state index < -0.39 is 17.6 Å². The Hall–Kier alpha value is -0.900. The number of alkyl halides is 2. The first-order valence-electron chi connectivity index (χ1n) is 6.42. The van der Waals surface area contributed by atoms with Crippen LogP contribution in [-0.4, -0.2) is 18.7 Å². The van der Waals surface area contributed by atoms with E-state index in [1.165, 1.54) is 14.0 Å². The first-order valence-corrected chi connectivity index (χ1v) is 7.55. The van der Waals surface area contributed by atoms with E-state index in [0.717, 1.165) is 29.3 Å². The number of methoxy groups -OCH3 is 1. The molecule has 0 spiro atoms. The maximum Gasteiger partial charge on any atom is 0.343 e. The molecule has 4 heteroatoms. The van der Waals surface area contributed by atoms with Gasteiger partial charge >= 0.3 is 5.97 Å². The van der Waals surface area contributed by atoms with Crippen molar-refractivity contribution in [1.82, 2.24) is 0 Å². The fourth-order valence-electron chi connectivity index (χ4n) is 2.65. The maximum atomic E-state index is 14.9. The molecule has 0 heterocycles. The molecule has 2 nitrogen and oxygen atoms in total. The van der Waals surface area contributed by atoms with Gasteiger partial charge in [0.05, 0.1) is 7.11 Å². The molecule has 0 bridgehead atoms. The van der Waals surface area contributed by atoms with Gasteiger partial charge in [-0.2, -0.15) is 0 Å². The number of esters is 1. The van der Waals surface area contributed by atoms with E-state index in [2.05, 4.69) is 20.7 Å². The predicted molar refractivity (Wildman–Crippen MR) is 76.1 cm³/mol. The van der Waals surface area contributed by atoms with Crippen molar-refractivity contribution in [2.75, 3.05) is 7.11 Å². The first-order chi connectivity index (χ1) is 9.00. The summed E-state index contributed by atoms with van der Waals surface area (Å²) in [5.41, 5.74) is -0.000389. The van der Waals surface area contributed by atoms with E-state index in [0.29, 0.717) is 0 Å². The van der Waals surface area contributed by atoms with Crippen molar-refractivity contribution in [3.63, 3.8) is 0 Å². The highest BCUT2D eigenvalue weighted by Crippen LogP contribution is 2.50. The summed E-state index contributed by atoms with van der Waals surface area (Å²) in [5.74, 6) is -0.965. The predicted octanol–water partition coefficient (Wildman–Crippen LogP) is 3.98. The monoisotopic (exact) mass is 328 g/mol. The van der Waals surface area contributed by atoms with Gasteiger partial charge in [0, 0.05) is 11.2 Å². The van der Waals surface area contributed by atoms with E-state index in [9.17, 15) is 9.18 Å². The molecule has 2 atom stereocenters. The molecule has 1 aromatic carbocycles. The highest BCUT2D eigenvalue weighted by Gasteiger charge is 2.50. The van der Waals surface area contributed by atoms with Gasteiger partial charge in [-0.25, -0.2) is 9.18 Å². The summed E-state index contributed by atoms with van der Waals surface area (Å²) < 4.78 is 19.5. The Balaban J connectivity index is 2.37. The highest BCUT2D eigenvalue weighted by molar-refractivity contribution is 9.08. The van der Waals surface area contributed by atoms with Crippen LogP contribution in [0, 0.1) is 5.92 Å². The van der Waals surface area contributed by atoms with Crippen LogP contribution in [0.25, 0.3) is 0 Å². The van der Waals surface area contributed by atoms with E-state index >= 15 is 0 Å². The summed E-state index contributed by atoms with van der Waals surface area (Å²) in [5, 5.41) is 0.722. The minimum absolute atomic E-state index is 0.236. The SMILES string of the molecule is COC(=O)C(C)(F)[C@H](c1cccc(CBr)c1)C1CC1. The number of hydrogen-bond acceptors (Lipinski definition) is 2. The van der Waals surface area contributed by atoms with Gasteiger partial charge in [0.15, 0.2) is 0 Å². The molecular weight excluding hydrogens is 311 g/mol. The summed E-state index contributed by atoms with van der Waals surface area (Å²) in [6.45, 7) is 1.34. The van der Waals surface area contributed by atoms with Gasteiger partial charge in [0.25, 0.3) is 0 Å². The Kier molecular flexibility index (Phi) is 4.29. The van der Waals surface area contributed by atoms with Gasteiger partial charge in [-0.3, -0.25) is 0 Å². The van der Waals surface area contributed by atoms with Crippen LogP contribution in [0.1, 0.15) is 36.8 Å². The second-order valence-electron chi connectivity index (χ2n) is 5.26. The van der Waals surface area contributed by atoms with Gasteiger partial charge in [-0.1, -0.05) is 40.2 Å². The van der Waals surface area contributed by atoms with Crippen molar-refractivity contribution in [3.05, 3.63) is 35.4 Å². The molecule has 2 rings (SSSR count). The van der Waals surface area contributed by atoms with Crippen molar-refractivity contribution in [1.29, 1.82) is 0 Å².